The summed E-state index contributed by atoms with van der Waals surface area (Å²) in [6.07, 6.45) is 4.12. The highest BCUT2D eigenvalue weighted by Gasteiger charge is 2.03. The van der Waals surface area contributed by atoms with E-state index in [9.17, 15) is 0 Å². The van der Waals surface area contributed by atoms with Crippen molar-refractivity contribution in [3.05, 3.63) is 59.9 Å². The second-order valence-electron chi connectivity index (χ2n) is 4.46. The van der Waals surface area contributed by atoms with Gasteiger partial charge in [0.05, 0.1) is 5.69 Å². The van der Waals surface area contributed by atoms with Gasteiger partial charge in [-0.3, -0.25) is 0 Å². The van der Waals surface area contributed by atoms with Crippen molar-refractivity contribution in [3.63, 3.8) is 0 Å². The van der Waals surface area contributed by atoms with Gasteiger partial charge in [0.25, 0.3) is 0 Å². The van der Waals surface area contributed by atoms with Gasteiger partial charge in [0.15, 0.2) is 0 Å². The summed E-state index contributed by atoms with van der Waals surface area (Å²) in [4.78, 5) is 4.64. The first-order chi connectivity index (χ1) is 8.22. The van der Waals surface area contributed by atoms with Crippen LogP contribution in [0.3, 0.4) is 0 Å². The van der Waals surface area contributed by atoms with Gasteiger partial charge in [-0.2, -0.15) is 0 Å². The third-order valence-electron chi connectivity index (χ3n) is 2.96. The standard InChI is InChI=1S/C15H14N2.HI/c1-11-3-5-13(6-4-11)14-10-17-8-7-12(2)9-15(17)16-14;/h3-10H,1-2H3;1H/p-1. The number of hydrogen-bond donors (Lipinski definition) is 0. The molecule has 1 aromatic carbocycles. The van der Waals surface area contributed by atoms with Crippen molar-refractivity contribution in [2.75, 3.05) is 0 Å². The summed E-state index contributed by atoms with van der Waals surface area (Å²) >= 11 is 0. The number of imidazole rings is 1. The highest BCUT2D eigenvalue weighted by Crippen LogP contribution is 2.19. The molecule has 0 amide bonds. The van der Waals surface area contributed by atoms with Crippen molar-refractivity contribution < 1.29 is 24.0 Å². The quantitative estimate of drug-likeness (QED) is 0.589. The molecule has 92 valence electrons. The summed E-state index contributed by atoms with van der Waals surface area (Å²) < 4.78 is 2.06. The zero-order valence-electron chi connectivity index (χ0n) is 10.4. The molecule has 0 unspecified atom stereocenters. The maximum atomic E-state index is 4.64. The van der Waals surface area contributed by atoms with Gasteiger partial charge in [0.2, 0.25) is 0 Å². The summed E-state index contributed by atoms with van der Waals surface area (Å²) in [6.45, 7) is 4.18. The molecule has 0 bridgehead atoms. The average Bonchev–Trinajstić information content (AvgIpc) is 2.72. The van der Waals surface area contributed by atoms with Crippen LogP contribution in [0.15, 0.2) is 48.8 Å². The Balaban J connectivity index is 0.00000120. The van der Waals surface area contributed by atoms with Gasteiger partial charge < -0.3 is 28.4 Å². The van der Waals surface area contributed by atoms with Crippen LogP contribution in [-0.4, -0.2) is 9.38 Å². The maximum absolute atomic E-state index is 4.64. The predicted octanol–water partition coefficient (Wildman–Crippen LogP) is 0.622. The van der Waals surface area contributed by atoms with E-state index >= 15 is 0 Å². The van der Waals surface area contributed by atoms with Crippen LogP contribution in [0.2, 0.25) is 0 Å². The fourth-order valence-corrected chi connectivity index (χ4v) is 1.95. The van der Waals surface area contributed by atoms with Crippen molar-refractivity contribution in [2.45, 2.75) is 13.8 Å². The van der Waals surface area contributed by atoms with Gasteiger partial charge in [-0.15, -0.1) is 0 Å². The van der Waals surface area contributed by atoms with Crippen molar-refractivity contribution in [3.8, 4) is 11.3 Å². The van der Waals surface area contributed by atoms with Crippen LogP contribution in [-0.2, 0) is 0 Å². The number of halogens is 1. The maximum Gasteiger partial charge on any atom is 0.137 e. The number of nitrogens with zero attached hydrogens (tertiary/aromatic N) is 2. The SMILES string of the molecule is Cc1ccc(-c2cn3ccc(C)cc3n2)cc1.[I-]. The molecule has 3 rings (SSSR count). The molecule has 0 saturated heterocycles. The Hall–Kier alpha value is -1.36. The summed E-state index contributed by atoms with van der Waals surface area (Å²) in [5.74, 6) is 0. The van der Waals surface area contributed by atoms with Crippen molar-refractivity contribution in [1.29, 1.82) is 0 Å². The molecular formula is C15H14IN2-. The second kappa shape index (κ2) is 5.10. The normalized spacial score (nSPS) is 10.3. The smallest absolute Gasteiger partial charge is 0.137 e. The Morgan fingerprint density at radius 3 is 2.39 bits per heavy atom. The van der Waals surface area contributed by atoms with E-state index in [2.05, 4.69) is 72.0 Å². The van der Waals surface area contributed by atoms with E-state index in [-0.39, 0.29) is 24.0 Å². The Morgan fingerprint density at radius 1 is 0.944 bits per heavy atom. The van der Waals surface area contributed by atoms with E-state index < -0.39 is 0 Å². The lowest BCUT2D eigenvalue weighted by atomic mass is 10.1. The monoisotopic (exact) mass is 349 g/mol. The van der Waals surface area contributed by atoms with Gasteiger partial charge in [-0.05, 0) is 31.5 Å². The van der Waals surface area contributed by atoms with Crippen molar-refractivity contribution >= 4 is 5.65 Å². The number of pyridine rings is 1. The molecule has 0 radical (unpaired) electrons. The lowest BCUT2D eigenvalue weighted by molar-refractivity contribution is -0.00000362. The van der Waals surface area contributed by atoms with E-state index in [4.69, 9.17) is 0 Å². The van der Waals surface area contributed by atoms with E-state index in [1.54, 1.807) is 0 Å². The Bertz CT molecular complexity index is 669. The number of aryl methyl sites for hydroxylation is 2. The highest BCUT2D eigenvalue weighted by molar-refractivity contribution is 5.63. The molecule has 3 heteroatoms. The first-order valence-corrected chi connectivity index (χ1v) is 5.75. The molecule has 3 aromatic rings. The van der Waals surface area contributed by atoms with Gasteiger partial charge in [0, 0.05) is 18.0 Å². The van der Waals surface area contributed by atoms with Gasteiger partial charge >= 0.3 is 0 Å². The lowest BCUT2D eigenvalue weighted by Gasteiger charge is -1.96. The minimum Gasteiger partial charge on any atom is -1.00 e. The fourth-order valence-electron chi connectivity index (χ4n) is 1.95. The number of rotatable bonds is 1. The summed E-state index contributed by atoms with van der Waals surface area (Å²) in [5, 5.41) is 0. The average molecular weight is 349 g/mol. The van der Waals surface area contributed by atoms with Crippen molar-refractivity contribution in [2.24, 2.45) is 0 Å². The van der Waals surface area contributed by atoms with Crippen molar-refractivity contribution in [1.82, 2.24) is 9.38 Å². The second-order valence-corrected chi connectivity index (χ2v) is 4.46. The minimum atomic E-state index is 0. The van der Waals surface area contributed by atoms with E-state index in [0.29, 0.717) is 0 Å². The third-order valence-corrected chi connectivity index (χ3v) is 2.96. The van der Waals surface area contributed by atoms with Crippen LogP contribution < -0.4 is 24.0 Å². The number of benzene rings is 1. The molecule has 0 aliphatic heterocycles. The minimum absolute atomic E-state index is 0. The molecule has 0 fully saturated rings. The topological polar surface area (TPSA) is 17.3 Å². The number of aromatic nitrogens is 2. The molecule has 0 spiro atoms. The Kier molecular flexibility index (Phi) is 3.71. The van der Waals surface area contributed by atoms with Gasteiger partial charge in [0.1, 0.15) is 5.65 Å². The van der Waals surface area contributed by atoms with Crippen LogP contribution >= 0.6 is 0 Å². The van der Waals surface area contributed by atoms with Crippen LogP contribution in [0.1, 0.15) is 11.1 Å². The summed E-state index contributed by atoms with van der Waals surface area (Å²) in [7, 11) is 0. The predicted molar refractivity (Wildman–Crippen MR) is 70.1 cm³/mol. The lowest BCUT2D eigenvalue weighted by Crippen LogP contribution is -3.00. The molecule has 18 heavy (non-hydrogen) atoms. The van der Waals surface area contributed by atoms with Crippen LogP contribution in [0, 0.1) is 13.8 Å². The first-order valence-electron chi connectivity index (χ1n) is 5.75. The van der Waals surface area contributed by atoms with Crippen LogP contribution in [0.4, 0.5) is 0 Å². The van der Waals surface area contributed by atoms with Gasteiger partial charge in [-0.1, -0.05) is 29.8 Å². The number of fused-ring (bicyclic) bond motifs is 1. The molecule has 2 aromatic heterocycles. The zero-order chi connectivity index (χ0) is 11.8. The van der Waals surface area contributed by atoms with Crippen LogP contribution in [0.25, 0.3) is 16.9 Å². The molecule has 0 aliphatic carbocycles. The molecule has 0 saturated carbocycles. The molecule has 2 nitrogen and oxygen atoms in total. The van der Waals surface area contributed by atoms with E-state index in [1.165, 1.54) is 11.1 Å². The fraction of sp³-hybridized carbons (Fsp3) is 0.133. The largest absolute Gasteiger partial charge is 1.00 e. The molecule has 0 aliphatic rings. The Labute approximate surface area is 124 Å². The molecule has 0 atom stereocenters. The zero-order valence-corrected chi connectivity index (χ0v) is 12.5. The van der Waals surface area contributed by atoms with Crippen LogP contribution in [0.5, 0.6) is 0 Å². The Morgan fingerprint density at radius 2 is 1.67 bits per heavy atom. The first kappa shape index (κ1) is 13.1. The molecular weight excluding hydrogens is 335 g/mol. The van der Waals surface area contributed by atoms with E-state index in [0.717, 1.165) is 16.9 Å². The number of hydrogen-bond acceptors (Lipinski definition) is 1. The van der Waals surface area contributed by atoms with E-state index in [1.807, 2.05) is 0 Å². The highest BCUT2D eigenvalue weighted by atomic mass is 127. The van der Waals surface area contributed by atoms with Gasteiger partial charge in [-0.25, -0.2) is 4.98 Å². The summed E-state index contributed by atoms with van der Waals surface area (Å²) in [6, 6.07) is 12.6. The third kappa shape index (κ3) is 2.41. The molecule has 0 N–H and O–H groups in total. The summed E-state index contributed by atoms with van der Waals surface area (Å²) in [5.41, 5.74) is 5.69. The molecule has 2 heterocycles.